The van der Waals surface area contributed by atoms with Gasteiger partial charge in [0.15, 0.2) is 6.29 Å². The van der Waals surface area contributed by atoms with Crippen LogP contribution in [0.3, 0.4) is 0 Å². The third kappa shape index (κ3) is 48.5. The first-order valence-corrected chi connectivity index (χ1v) is 27.8. The van der Waals surface area contributed by atoms with Crippen molar-refractivity contribution in [3.05, 3.63) is 29.8 Å². The molecule has 1 heterocycles. The maximum Gasteiger partial charge on any atom is 0.294 e. The number of aryl methyl sites for hydroxylation is 1. The normalized spacial score (nSPS) is 14.6. The van der Waals surface area contributed by atoms with E-state index in [1.165, 1.54) is 224 Å². The zero-order chi connectivity index (χ0) is 47.6. The van der Waals surface area contributed by atoms with Gasteiger partial charge in [-0.25, -0.2) is 0 Å². The highest BCUT2D eigenvalue weighted by Gasteiger charge is 2.24. The van der Waals surface area contributed by atoms with Crippen molar-refractivity contribution in [3.63, 3.8) is 0 Å². The smallest absolute Gasteiger partial charge is 0.294 e. The van der Waals surface area contributed by atoms with Crippen molar-refractivity contribution in [2.75, 3.05) is 26.4 Å². The summed E-state index contributed by atoms with van der Waals surface area (Å²) in [6, 6.07) is 5.99. The van der Waals surface area contributed by atoms with Gasteiger partial charge in [-0.3, -0.25) is 4.55 Å². The Morgan fingerprint density at radius 3 is 1.16 bits per heavy atom. The van der Waals surface area contributed by atoms with E-state index in [0.717, 1.165) is 31.1 Å². The Balaban J connectivity index is 0. The summed E-state index contributed by atoms with van der Waals surface area (Å²) in [6.45, 7) is 6.32. The highest BCUT2D eigenvalue weighted by molar-refractivity contribution is 7.85. The molecule has 1 aromatic carbocycles. The molecule has 0 amide bonds. The predicted molar refractivity (Wildman–Crippen MR) is 266 cm³/mol. The van der Waals surface area contributed by atoms with Gasteiger partial charge in [0.05, 0.1) is 31.3 Å². The number of ether oxygens (including phenoxy) is 2. The van der Waals surface area contributed by atoms with Crippen LogP contribution in [0.4, 0.5) is 0 Å². The molecule has 0 saturated carbocycles. The number of unbranched alkanes of at least 4 members (excludes halogenated alkanes) is 33. The van der Waals surface area contributed by atoms with E-state index in [1.54, 1.807) is 12.1 Å². The number of aliphatic hydroxyl groups excluding tert-OH is 4. The van der Waals surface area contributed by atoms with Gasteiger partial charge in [0.2, 0.25) is 0 Å². The van der Waals surface area contributed by atoms with E-state index in [1.807, 2.05) is 6.92 Å². The molecule has 1 aromatic rings. The Morgan fingerprint density at radius 2 is 0.891 bits per heavy atom. The lowest BCUT2D eigenvalue weighted by Crippen LogP contribution is -2.16. The zero-order valence-corrected chi connectivity index (χ0v) is 42.4. The number of aliphatic hydroxyl groups is 4. The highest BCUT2D eigenvalue weighted by atomic mass is 32.2. The molecule has 0 spiro atoms. The van der Waals surface area contributed by atoms with Crippen molar-refractivity contribution in [1.29, 1.82) is 0 Å². The number of aldehydes is 1. The topological polar surface area (TPSA) is 171 Å². The molecule has 0 aliphatic carbocycles. The SMILES string of the molecule is CCCCCCCCCCCCCCCCCCCC1OCC(CO)O1.CCCCCCCCCCCCCCCCCCCC=O.Cc1ccc(S(=O)(=O)O)cc1.OCC(O)CO. The van der Waals surface area contributed by atoms with Crippen molar-refractivity contribution in [3.8, 4) is 0 Å². The largest absolute Gasteiger partial charge is 0.394 e. The first kappa shape index (κ1) is 64.6. The van der Waals surface area contributed by atoms with E-state index in [9.17, 15) is 13.2 Å². The summed E-state index contributed by atoms with van der Waals surface area (Å²) in [5, 5.41) is 33.0. The van der Waals surface area contributed by atoms with Crippen LogP contribution in [0.25, 0.3) is 0 Å². The Morgan fingerprint density at radius 1 is 0.562 bits per heavy atom. The fraction of sp³-hybridized carbons (Fsp3) is 0.868. The van der Waals surface area contributed by atoms with Gasteiger partial charge in [-0.05, 0) is 38.3 Å². The second kappa shape index (κ2) is 51.0. The number of rotatable bonds is 40. The number of benzene rings is 1. The second-order valence-corrected chi connectivity index (χ2v) is 19.5. The van der Waals surface area contributed by atoms with E-state index < -0.39 is 16.2 Å². The summed E-state index contributed by atoms with van der Waals surface area (Å²) in [6.07, 6.45) is 49.3. The maximum absolute atomic E-state index is 10.5. The Hall–Kier alpha value is -1.44. The molecule has 1 saturated heterocycles. The summed E-state index contributed by atoms with van der Waals surface area (Å²) < 4.78 is 40.6. The van der Waals surface area contributed by atoms with Crippen molar-refractivity contribution in [1.82, 2.24) is 0 Å². The summed E-state index contributed by atoms with van der Waals surface area (Å²) in [4.78, 5) is 10.1. The van der Waals surface area contributed by atoms with Crippen LogP contribution in [0.1, 0.15) is 251 Å². The quantitative estimate of drug-likeness (QED) is 0.0242. The minimum Gasteiger partial charge on any atom is -0.394 e. The number of hydrogen-bond acceptors (Lipinski definition) is 9. The molecule has 0 bridgehead atoms. The molecule has 1 aliphatic heterocycles. The van der Waals surface area contributed by atoms with E-state index in [2.05, 4.69) is 13.8 Å². The average molecular weight is 931 g/mol. The molecular weight excluding hydrogens is 829 g/mol. The van der Waals surface area contributed by atoms with E-state index in [0.29, 0.717) is 6.61 Å². The lowest BCUT2D eigenvalue weighted by molar-refractivity contribution is -0.107. The first-order valence-electron chi connectivity index (χ1n) is 26.3. The predicted octanol–water partition coefficient (Wildman–Crippen LogP) is 13.6. The van der Waals surface area contributed by atoms with Crippen LogP contribution in [-0.2, 0) is 24.4 Å². The van der Waals surface area contributed by atoms with E-state index in [-0.39, 0.29) is 37.1 Å². The van der Waals surface area contributed by atoms with Gasteiger partial charge in [0, 0.05) is 6.42 Å². The van der Waals surface area contributed by atoms with Gasteiger partial charge < -0.3 is 34.7 Å². The summed E-state index contributed by atoms with van der Waals surface area (Å²) in [5.74, 6) is 0. The Bertz CT molecular complexity index is 1160. The van der Waals surface area contributed by atoms with Crippen LogP contribution in [0, 0.1) is 6.92 Å². The molecule has 1 fully saturated rings. The minimum absolute atomic E-state index is 0.0662. The van der Waals surface area contributed by atoms with Gasteiger partial charge in [0.1, 0.15) is 18.5 Å². The molecule has 5 N–H and O–H groups in total. The van der Waals surface area contributed by atoms with Crippen molar-refractivity contribution >= 4 is 16.4 Å². The number of hydrogen-bond donors (Lipinski definition) is 5. The minimum atomic E-state index is -4.02. The summed E-state index contributed by atoms with van der Waals surface area (Å²) in [5.41, 5.74) is 0.956. The lowest BCUT2D eigenvalue weighted by atomic mass is 10.0. The third-order valence-corrected chi connectivity index (χ3v) is 12.6. The molecule has 0 radical (unpaired) electrons. The number of carbonyl (C=O) groups is 1. The highest BCUT2D eigenvalue weighted by Crippen LogP contribution is 2.19. The van der Waals surface area contributed by atoms with Crippen LogP contribution in [0.15, 0.2) is 29.2 Å². The van der Waals surface area contributed by atoms with Crippen LogP contribution in [0.5, 0.6) is 0 Å². The second-order valence-electron chi connectivity index (χ2n) is 18.1. The van der Waals surface area contributed by atoms with Crippen molar-refractivity contribution < 1.29 is 47.7 Å². The molecule has 11 heteroatoms. The van der Waals surface area contributed by atoms with Gasteiger partial charge in [-0.1, -0.05) is 237 Å². The van der Waals surface area contributed by atoms with Crippen molar-refractivity contribution in [2.24, 2.45) is 0 Å². The van der Waals surface area contributed by atoms with Gasteiger partial charge in [0.25, 0.3) is 10.1 Å². The standard InChI is InChI=1S/C23H46O3.C20H40O.C7H8O3S.C3H8O3/c1-2-3-4-5-6-7-8-9-10-11-12-13-14-15-16-17-18-19-23-25-21-22(20-24)26-23;1-2-3-4-5-6-7-8-9-10-11-12-13-14-15-16-17-18-19-20-21;1-6-2-4-7(5-3-6)11(8,9)10;4-1-3(6)2-5/h22-24H,2-21H2,1H3;20H,2-19H2,1H3;2-5H,1H3,(H,8,9,10);3-6H,1-2H2. The van der Waals surface area contributed by atoms with Gasteiger partial charge in [-0.15, -0.1) is 0 Å². The monoisotopic (exact) mass is 931 g/mol. The van der Waals surface area contributed by atoms with Crippen molar-refractivity contribution in [2.45, 2.75) is 275 Å². The summed E-state index contributed by atoms with van der Waals surface area (Å²) >= 11 is 0. The van der Waals surface area contributed by atoms with Gasteiger partial charge >= 0.3 is 0 Å². The molecule has 2 unspecified atom stereocenters. The van der Waals surface area contributed by atoms with E-state index in [4.69, 9.17) is 34.5 Å². The zero-order valence-electron chi connectivity index (χ0n) is 41.6. The molecular formula is C53H102O10S. The molecule has 64 heavy (non-hydrogen) atoms. The van der Waals surface area contributed by atoms with Crippen LogP contribution in [0.2, 0.25) is 0 Å². The maximum atomic E-state index is 10.5. The van der Waals surface area contributed by atoms with E-state index >= 15 is 0 Å². The van der Waals surface area contributed by atoms with Crippen LogP contribution in [-0.4, -0.2) is 84.6 Å². The Labute approximate surface area is 394 Å². The Kier molecular flexibility index (Phi) is 51.5. The fourth-order valence-electron chi connectivity index (χ4n) is 7.51. The lowest BCUT2D eigenvalue weighted by Gasteiger charge is -2.09. The number of carbonyl (C=O) groups excluding carboxylic acids is 1. The molecule has 380 valence electrons. The first-order chi connectivity index (χ1) is 31.1. The van der Waals surface area contributed by atoms with Crippen LogP contribution >= 0.6 is 0 Å². The molecule has 2 atom stereocenters. The molecule has 1 aliphatic rings. The molecule has 10 nitrogen and oxygen atoms in total. The average Bonchev–Trinajstić information content (AvgIpc) is 3.77. The van der Waals surface area contributed by atoms with Gasteiger partial charge in [-0.2, -0.15) is 8.42 Å². The molecule has 0 aromatic heterocycles. The third-order valence-electron chi connectivity index (χ3n) is 11.7. The summed E-state index contributed by atoms with van der Waals surface area (Å²) in [7, 11) is -4.02. The fourth-order valence-corrected chi connectivity index (χ4v) is 7.99. The van der Waals surface area contributed by atoms with Crippen LogP contribution < -0.4 is 0 Å². The molecule has 2 rings (SSSR count).